The smallest absolute Gasteiger partial charge is 0.418 e. The minimum Gasteiger partial charge on any atom is -0.463 e. The van der Waals surface area contributed by atoms with E-state index in [1.54, 1.807) is 32.0 Å². The Morgan fingerprint density at radius 2 is 2.14 bits per heavy atom. The Morgan fingerprint density at radius 3 is 2.86 bits per heavy atom. The first-order valence-corrected chi connectivity index (χ1v) is 6.93. The Balaban J connectivity index is 1.80. The van der Waals surface area contributed by atoms with Gasteiger partial charge in [-0.1, -0.05) is 21.1 Å². The summed E-state index contributed by atoms with van der Waals surface area (Å²) in [5, 5.41) is 7.04. The van der Waals surface area contributed by atoms with Gasteiger partial charge in [0.25, 0.3) is 0 Å². The molecule has 0 aliphatic carbocycles. The third kappa shape index (κ3) is 2.78. The number of carbonyl (C=O) groups excluding carboxylic acids is 1. The van der Waals surface area contributed by atoms with Crippen molar-refractivity contribution in [3.8, 4) is 5.75 Å². The number of halogens is 1. The van der Waals surface area contributed by atoms with Gasteiger partial charge in [0, 0.05) is 10.5 Å². The molecule has 0 unspecified atom stereocenters. The van der Waals surface area contributed by atoms with Gasteiger partial charge in [-0.25, -0.2) is 4.79 Å². The number of aromatic nitrogens is 1. The third-order valence-corrected chi connectivity index (χ3v) is 3.34. The largest absolute Gasteiger partial charge is 0.463 e. The van der Waals surface area contributed by atoms with Gasteiger partial charge in [-0.2, -0.15) is 0 Å². The molecule has 0 spiro atoms. The Morgan fingerprint density at radius 1 is 1.33 bits per heavy atom. The molecule has 1 amide bonds. The number of furan rings is 1. The van der Waals surface area contributed by atoms with Crippen molar-refractivity contribution in [2.45, 2.75) is 13.8 Å². The molecule has 0 saturated carbocycles. The lowest BCUT2D eigenvalue weighted by Gasteiger charge is -2.02. The molecule has 0 fully saturated rings. The molecule has 2 heterocycles. The summed E-state index contributed by atoms with van der Waals surface area (Å²) in [6, 6.07) is 7.03. The lowest BCUT2D eigenvalue weighted by molar-refractivity contribution is 0.214. The van der Waals surface area contributed by atoms with Crippen molar-refractivity contribution in [3.05, 3.63) is 40.3 Å². The summed E-state index contributed by atoms with van der Waals surface area (Å²) in [4.78, 5) is 11.9. The van der Waals surface area contributed by atoms with Gasteiger partial charge in [0.05, 0.1) is 5.39 Å². The van der Waals surface area contributed by atoms with E-state index in [2.05, 4.69) is 26.4 Å². The minimum absolute atomic E-state index is 0.300. The summed E-state index contributed by atoms with van der Waals surface area (Å²) < 4.78 is 16.5. The molecule has 1 aromatic carbocycles. The van der Waals surface area contributed by atoms with E-state index in [1.165, 1.54) is 0 Å². The lowest BCUT2D eigenvalue weighted by Crippen LogP contribution is -2.17. The number of carbonyl (C=O) groups is 1. The van der Waals surface area contributed by atoms with Gasteiger partial charge in [-0.05, 0) is 32.0 Å². The van der Waals surface area contributed by atoms with Crippen LogP contribution in [0.4, 0.5) is 10.6 Å². The van der Waals surface area contributed by atoms with E-state index in [9.17, 15) is 4.79 Å². The molecule has 3 aromatic rings. The van der Waals surface area contributed by atoms with Crippen LogP contribution in [0.5, 0.6) is 5.75 Å². The second-order valence-corrected chi connectivity index (χ2v) is 5.38. The lowest BCUT2D eigenvalue weighted by atomic mass is 10.2. The van der Waals surface area contributed by atoms with E-state index >= 15 is 0 Å². The van der Waals surface area contributed by atoms with Crippen LogP contribution in [0.15, 0.2) is 37.7 Å². The van der Waals surface area contributed by atoms with Crippen LogP contribution in [0.25, 0.3) is 11.0 Å². The highest BCUT2D eigenvalue weighted by molar-refractivity contribution is 9.10. The number of nitrogens with one attached hydrogen (secondary N) is 1. The number of hydrogen-bond donors (Lipinski definition) is 1. The molecule has 0 radical (unpaired) electrons. The summed E-state index contributed by atoms with van der Waals surface area (Å²) in [6.45, 7) is 3.50. The Hall–Kier alpha value is -2.28. The van der Waals surface area contributed by atoms with Crippen LogP contribution in [-0.2, 0) is 0 Å². The Kier molecular flexibility index (Phi) is 3.42. The van der Waals surface area contributed by atoms with Crippen molar-refractivity contribution in [2.24, 2.45) is 0 Å². The van der Waals surface area contributed by atoms with Gasteiger partial charge in [0.15, 0.2) is 17.2 Å². The predicted octanol–water partition coefficient (Wildman–Crippen LogP) is 4.41. The van der Waals surface area contributed by atoms with Crippen LogP contribution in [0, 0.1) is 13.8 Å². The van der Waals surface area contributed by atoms with Crippen molar-refractivity contribution < 1.29 is 18.5 Å². The van der Waals surface area contributed by atoms with Crippen LogP contribution in [0.1, 0.15) is 11.5 Å². The van der Waals surface area contributed by atoms with Gasteiger partial charge < -0.3 is 13.7 Å². The van der Waals surface area contributed by atoms with Gasteiger partial charge >= 0.3 is 6.09 Å². The number of fused-ring (bicyclic) bond motifs is 1. The molecule has 7 heteroatoms. The molecule has 108 valence electrons. The van der Waals surface area contributed by atoms with Crippen molar-refractivity contribution in [1.29, 1.82) is 0 Å². The highest BCUT2D eigenvalue weighted by Crippen LogP contribution is 2.27. The fourth-order valence-electron chi connectivity index (χ4n) is 1.93. The molecule has 0 aliphatic rings. The van der Waals surface area contributed by atoms with Crippen LogP contribution >= 0.6 is 15.9 Å². The van der Waals surface area contributed by atoms with Crippen LogP contribution in [0.2, 0.25) is 0 Å². The molecular formula is C14H11BrN2O4. The van der Waals surface area contributed by atoms with E-state index < -0.39 is 6.09 Å². The number of ether oxygens (including phenoxy) is 1. The summed E-state index contributed by atoms with van der Waals surface area (Å²) in [6.07, 6.45) is -0.658. The zero-order chi connectivity index (χ0) is 15.0. The molecule has 0 bridgehead atoms. The topological polar surface area (TPSA) is 77.5 Å². The standard InChI is InChI=1S/C14H11BrN2O4/c1-7-5-12(8(2)19-7)20-14(18)16-13-10-6-9(15)3-4-11(10)21-17-13/h3-6H,1-2H3,(H,16,17,18). The monoisotopic (exact) mass is 350 g/mol. The second-order valence-electron chi connectivity index (χ2n) is 4.46. The molecule has 2 aromatic heterocycles. The molecule has 21 heavy (non-hydrogen) atoms. The number of rotatable bonds is 2. The van der Waals surface area contributed by atoms with E-state index in [1.807, 2.05) is 6.07 Å². The maximum absolute atomic E-state index is 11.9. The van der Waals surface area contributed by atoms with Crippen LogP contribution < -0.4 is 10.1 Å². The van der Waals surface area contributed by atoms with Crippen molar-refractivity contribution >= 4 is 38.8 Å². The van der Waals surface area contributed by atoms with E-state index in [0.29, 0.717) is 34.1 Å². The van der Waals surface area contributed by atoms with Crippen LogP contribution in [-0.4, -0.2) is 11.2 Å². The summed E-state index contributed by atoms with van der Waals surface area (Å²) in [7, 11) is 0. The second kappa shape index (κ2) is 5.25. The number of aryl methyl sites for hydroxylation is 2. The Bertz CT molecular complexity index is 822. The number of benzene rings is 1. The predicted molar refractivity (Wildman–Crippen MR) is 79.5 cm³/mol. The van der Waals surface area contributed by atoms with Gasteiger partial charge in [-0.15, -0.1) is 0 Å². The van der Waals surface area contributed by atoms with E-state index in [4.69, 9.17) is 13.7 Å². The minimum atomic E-state index is -0.658. The zero-order valence-corrected chi connectivity index (χ0v) is 12.9. The Labute approximate surface area is 128 Å². The van der Waals surface area contributed by atoms with Gasteiger partial charge in [-0.3, -0.25) is 5.32 Å². The fraction of sp³-hybridized carbons (Fsp3) is 0.143. The first-order valence-electron chi connectivity index (χ1n) is 6.14. The summed E-state index contributed by atoms with van der Waals surface area (Å²) >= 11 is 3.36. The van der Waals surface area contributed by atoms with Crippen molar-refractivity contribution in [1.82, 2.24) is 5.16 Å². The quantitative estimate of drug-likeness (QED) is 0.740. The third-order valence-electron chi connectivity index (χ3n) is 2.85. The highest BCUT2D eigenvalue weighted by atomic mass is 79.9. The zero-order valence-electron chi connectivity index (χ0n) is 11.3. The van der Waals surface area contributed by atoms with Crippen molar-refractivity contribution in [2.75, 3.05) is 5.32 Å². The average Bonchev–Trinajstić information content (AvgIpc) is 2.94. The number of hydrogen-bond acceptors (Lipinski definition) is 5. The van der Waals surface area contributed by atoms with Gasteiger partial charge in [0.2, 0.25) is 0 Å². The summed E-state index contributed by atoms with van der Waals surface area (Å²) in [5.74, 6) is 1.88. The normalized spacial score (nSPS) is 10.8. The molecule has 0 aliphatic heterocycles. The van der Waals surface area contributed by atoms with E-state index in [0.717, 1.165) is 4.47 Å². The molecule has 0 atom stereocenters. The maximum Gasteiger partial charge on any atom is 0.418 e. The number of nitrogens with zero attached hydrogens (tertiary/aromatic N) is 1. The number of amides is 1. The molecule has 3 rings (SSSR count). The highest BCUT2D eigenvalue weighted by Gasteiger charge is 2.15. The van der Waals surface area contributed by atoms with Gasteiger partial charge in [0.1, 0.15) is 11.5 Å². The number of anilines is 1. The molecule has 1 N–H and O–H groups in total. The first kappa shape index (κ1) is 13.7. The molecular weight excluding hydrogens is 340 g/mol. The van der Waals surface area contributed by atoms with Crippen molar-refractivity contribution in [3.63, 3.8) is 0 Å². The average molecular weight is 351 g/mol. The molecule has 6 nitrogen and oxygen atoms in total. The maximum atomic E-state index is 11.9. The summed E-state index contributed by atoms with van der Waals surface area (Å²) in [5.41, 5.74) is 0.573. The SMILES string of the molecule is Cc1cc(OC(=O)Nc2noc3ccc(Br)cc23)c(C)o1. The first-order chi connectivity index (χ1) is 10.0. The molecule has 0 saturated heterocycles. The van der Waals surface area contributed by atoms with E-state index in [-0.39, 0.29) is 0 Å². The fourth-order valence-corrected chi connectivity index (χ4v) is 2.29. The van der Waals surface area contributed by atoms with Crippen LogP contribution in [0.3, 0.4) is 0 Å².